The third-order valence-electron chi connectivity index (χ3n) is 5.39. The Morgan fingerprint density at radius 1 is 1.29 bits per heavy atom. The third kappa shape index (κ3) is 5.11. The molecule has 0 spiro atoms. The quantitative estimate of drug-likeness (QED) is 0.624. The molecule has 9 nitrogen and oxygen atoms in total. The summed E-state index contributed by atoms with van der Waals surface area (Å²) in [7, 11) is 4.49. The number of aryl methyl sites for hydroxylation is 1. The van der Waals surface area contributed by atoms with Gasteiger partial charge in [0, 0.05) is 32.0 Å². The molecular formula is C21H27ClN4O5. The number of ether oxygens (including phenoxy) is 3. The van der Waals surface area contributed by atoms with Gasteiger partial charge in [0.1, 0.15) is 5.75 Å². The number of halogens is 1. The van der Waals surface area contributed by atoms with Crippen LogP contribution in [0.25, 0.3) is 0 Å². The number of imidazole rings is 1. The minimum atomic E-state index is -0.436. The van der Waals surface area contributed by atoms with Gasteiger partial charge in [0.25, 0.3) is 5.91 Å². The van der Waals surface area contributed by atoms with E-state index in [0.29, 0.717) is 42.4 Å². The zero-order valence-electron chi connectivity index (χ0n) is 18.0. The van der Waals surface area contributed by atoms with E-state index < -0.39 is 5.97 Å². The van der Waals surface area contributed by atoms with E-state index in [1.54, 1.807) is 26.4 Å². The Hall–Kier alpha value is -2.78. The number of hydrogen-bond donors (Lipinski definition) is 2. The summed E-state index contributed by atoms with van der Waals surface area (Å²) in [6.45, 7) is 3.11. The Morgan fingerprint density at radius 3 is 2.68 bits per heavy atom. The van der Waals surface area contributed by atoms with E-state index in [1.165, 1.54) is 7.11 Å². The van der Waals surface area contributed by atoms with Gasteiger partial charge in [0.15, 0.2) is 11.0 Å². The highest BCUT2D eigenvalue weighted by molar-refractivity contribution is 6.30. The minimum absolute atomic E-state index is 0.189. The van der Waals surface area contributed by atoms with Gasteiger partial charge in [-0.05, 0) is 25.0 Å². The van der Waals surface area contributed by atoms with Gasteiger partial charge >= 0.3 is 5.97 Å². The van der Waals surface area contributed by atoms with Gasteiger partial charge in [-0.15, -0.1) is 0 Å². The number of nitrogens with one attached hydrogen (secondary N) is 2. The minimum Gasteiger partial charge on any atom is -0.497 e. The molecule has 0 aliphatic carbocycles. The summed E-state index contributed by atoms with van der Waals surface area (Å²) in [4.78, 5) is 33.8. The molecule has 1 fully saturated rings. The number of anilines is 1. The summed E-state index contributed by atoms with van der Waals surface area (Å²) in [6, 6.07) is 5.05. The summed E-state index contributed by atoms with van der Waals surface area (Å²) >= 11 is 6.05. The van der Waals surface area contributed by atoms with Crippen LogP contribution in [0, 0.1) is 0 Å². The fourth-order valence-corrected chi connectivity index (χ4v) is 3.91. The van der Waals surface area contributed by atoms with Crippen LogP contribution in [-0.4, -0.2) is 68.4 Å². The van der Waals surface area contributed by atoms with Gasteiger partial charge in [-0.2, -0.15) is 0 Å². The maximum absolute atomic E-state index is 12.6. The van der Waals surface area contributed by atoms with Gasteiger partial charge in [-0.25, -0.2) is 9.78 Å². The first-order valence-electron chi connectivity index (χ1n) is 10.0. The molecule has 1 aliphatic rings. The lowest BCUT2D eigenvalue weighted by Crippen LogP contribution is -2.55. The van der Waals surface area contributed by atoms with E-state index in [0.717, 1.165) is 11.4 Å². The topological polar surface area (TPSA) is 106 Å². The van der Waals surface area contributed by atoms with Crippen molar-refractivity contribution in [2.75, 3.05) is 39.3 Å². The Kier molecular flexibility index (Phi) is 7.40. The average molecular weight is 451 g/mol. The molecular weight excluding hydrogens is 424 g/mol. The fraction of sp³-hybridized carbons (Fsp3) is 0.476. The molecule has 168 valence electrons. The Morgan fingerprint density at radius 2 is 2.06 bits per heavy atom. The number of hydrogen-bond acceptors (Lipinski definition) is 7. The van der Waals surface area contributed by atoms with E-state index in [4.69, 9.17) is 25.8 Å². The number of carbonyl (C=O) groups excluding carboxylic acids is 2. The summed E-state index contributed by atoms with van der Waals surface area (Å²) in [5.41, 5.74) is 1.95. The average Bonchev–Trinajstić information content (AvgIpc) is 3.19. The second-order valence-corrected chi connectivity index (χ2v) is 7.57. The molecule has 2 aromatic rings. The molecule has 1 aromatic heterocycles. The maximum Gasteiger partial charge on any atom is 0.338 e. The Bertz CT molecular complexity index is 948. The number of aromatic amines is 1. The van der Waals surface area contributed by atoms with Crippen LogP contribution in [0.5, 0.6) is 5.75 Å². The molecule has 0 radical (unpaired) electrons. The second-order valence-electron chi connectivity index (χ2n) is 7.21. The number of carbonyl (C=O) groups is 2. The van der Waals surface area contributed by atoms with Gasteiger partial charge in [0.05, 0.1) is 37.6 Å². The van der Waals surface area contributed by atoms with Crippen LogP contribution >= 0.6 is 11.6 Å². The molecule has 10 heteroatoms. The first-order valence-corrected chi connectivity index (χ1v) is 10.4. The van der Waals surface area contributed by atoms with E-state index in [9.17, 15) is 9.59 Å². The number of aromatic nitrogens is 2. The number of benzene rings is 1. The molecule has 2 atom stereocenters. The van der Waals surface area contributed by atoms with Crippen molar-refractivity contribution in [2.45, 2.75) is 31.9 Å². The number of piperidine rings is 1. The predicted octanol–water partition coefficient (Wildman–Crippen LogP) is 2.44. The molecule has 1 amide bonds. The summed E-state index contributed by atoms with van der Waals surface area (Å²) in [5.74, 6) is -0.0102. The van der Waals surface area contributed by atoms with Crippen LogP contribution in [0.4, 0.5) is 5.69 Å². The van der Waals surface area contributed by atoms with E-state index in [-0.39, 0.29) is 23.9 Å². The van der Waals surface area contributed by atoms with Crippen molar-refractivity contribution < 1.29 is 23.8 Å². The van der Waals surface area contributed by atoms with Crippen LogP contribution in [0.1, 0.15) is 40.0 Å². The van der Waals surface area contributed by atoms with Crippen molar-refractivity contribution in [3.05, 3.63) is 40.4 Å². The lowest BCUT2D eigenvalue weighted by molar-refractivity contribution is 0.0537. The SMILES string of the molecule is CCc1[nH]c(C(=O)N[C@H]2CCN(c3cc(OC)cc(C(=O)OC)c3)C[C@H]2OC)nc1Cl. The van der Waals surface area contributed by atoms with Gasteiger partial charge in [-0.3, -0.25) is 4.79 Å². The Balaban J connectivity index is 1.73. The fourth-order valence-electron chi connectivity index (χ4n) is 3.64. The lowest BCUT2D eigenvalue weighted by Gasteiger charge is -2.39. The highest BCUT2D eigenvalue weighted by atomic mass is 35.5. The van der Waals surface area contributed by atoms with Crippen molar-refractivity contribution >= 4 is 29.2 Å². The number of nitrogens with zero attached hydrogens (tertiary/aromatic N) is 2. The lowest BCUT2D eigenvalue weighted by atomic mass is 10.00. The van der Waals surface area contributed by atoms with Crippen LogP contribution in [0.2, 0.25) is 5.15 Å². The smallest absolute Gasteiger partial charge is 0.338 e. The summed E-state index contributed by atoms with van der Waals surface area (Å²) in [6.07, 6.45) is 1.04. The number of rotatable bonds is 7. The second kappa shape index (κ2) is 10.0. The van der Waals surface area contributed by atoms with Crippen molar-refractivity contribution in [1.29, 1.82) is 0 Å². The molecule has 1 aromatic carbocycles. The number of methoxy groups -OCH3 is 3. The molecule has 0 unspecified atom stereocenters. The molecule has 2 heterocycles. The number of amides is 1. The highest BCUT2D eigenvalue weighted by Crippen LogP contribution is 2.28. The zero-order chi connectivity index (χ0) is 22.5. The molecule has 0 saturated carbocycles. The predicted molar refractivity (Wildman–Crippen MR) is 116 cm³/mol. The van der Waals surface area contributed by atoms with Gasteiger partial charge in [-0.1, -0.05) is 18.5 Å². The molecule has 3 rings (SSSR count). The number of H-pyrrole nitrogens is 1. The van der Waals surface area contributed by atoms with Crippen molar-refractivity contribution in [3.63, 3.8) is 0 Å². The van der Waals surface area contributed by atoms with Crippen LogP contribution in [0.3, 0.4) is 0 Å². The Labute approximate surface area is 186 Å². The molecule has 1 aliphatic heterocycles. The molecule has 1 saturated heterocycles. The monoisotopic (exact) mass is 450 g/mol. The van der Waals surface area contributed by atoms with E-state index in [1.807, 2.05) is 13.0 Å². The summed E-state index contributed by atoms with van der Waals surface area (Å²) in [5, 5.41) is 3.30. The maximum atomic E-state index is 12.6. The van der Waals surface area contributed by atoms with Crippen LogP contribution in [-0.2, 0) is 15.9 Å². The highest BCUT2D eigenvalue weighted by Gasteiger charge is 2.32. The van der Waals surface area contributed by atoms with E-state index >= 15 is 0 Å². The number of esters is 1. The standard InChI is InChI=1S/C21H27ClN4O5/c1-5-15-18(22)25-19(23-15)20(27)24-16-6-7-26(11-17(16)30-3)13-8-12(21(28)31-4)9-14(10-13)29-2/h8-10,16-17H,5-7,11H2,1-4H3,(H,23,25)(H,24,27)/t16-,17+/m0/s1. The third-order valence-corrected chi connectivity index (χ3v) is 5.70. The zero-order valence-corrected chi connectivity index (χ0v) is 18.8. The van der Waals surface area contributed by atoms with E-state index in [2.05, 4.69) is 20.2 Å². The van der Waals surface area contributed by atoms with Crippen molar-refractivity contribution in [2.24, 2.45) is 0 Å². The van der Waals surface area contributed by atoms with Crippen LogP contribution < -0.4 is 15.0 Å². The molecule has 0 bridgehead atoms. The first kappa shape index (κ1) is 22.9. The molecule has 2 N–H and O–H groups in total. The van der Waals surface area contributed by atoms with Crippen molar-refractivity contribution in [1.82, 2.24) is 15.3 Å². The van der Waals surface area contributed by atoms with Crippen molar-refractivity contribution in [3.8, 4) is 5.75 Å². The molecule has 31 heavy (non-hydrogen) atoms. The largest absolute Gasteiger partial charge is 0.497 e. The van der Waals surface area contributed by atoms with Crippen LogP contribution in [0.15, 0.2) is 18.2 Å². The normalized spacial score (nSPS) is 18.5. The van der Waals surface area contributed by atoms with Gasteiger partial charge < -0.3 is 29.4 Å². The first-order chi connectivity index (χ1) is 14.9. The van der Waals surface area contributed by atoms with Gasteiger partial charge in [0.2, 0.25) is 0 Å². The summed E-state index contributed by atoms with van der Waals surface area (Å²) < 4.78 is 15.8.